The topological polar surface area (TPSA) is 50.7 Å². The highest BCUT2D eigenvalue weighted by Crippen LogP contribution is 2.23. The monoisotopic (exact) mass is 321 g/mol. The second-order valence-electron chi connectivity index (χ2n) is 6.03. The molecule has 4 aromatic rings. The zero-order valence-electron chi connectivity index (χ0n) is 13.2. The van der Waals surface area contributed by atoms with Gasteiger partial charge in [0.25, 0.3) is 5.56 Å². The summed E-state index contributed by atoms with van der Waals surface area (Å²) < 4.78 is 15.1. The zero-order chi connectivity index (χ0) is 16.7. The summed E-state index contributed by atoms with van der Waals surface area (Å²) in [5.74, 6) is -0.341. The number of nitrogens with zero attached hydrogens (tertiary/aromatic N) is 2. The molecule has 4 rings (SSSR count). The zero-order valence-corrected chi connectivity index (χ0v) is 13.2. The number of aromatic nitrogens is 3. The molecule has 0 unspecified atom stereocenters. The van der Waals surface area contributed by atoms with Crippen LogP contribution in [-0.4, -0.2) is 14.5 Å². The molecule has 0 saturated carbocycles. The summed E-state index contributed by atoms with van der Waals surface area (Å²) in [6.07, 6.45) is 2.29. The molecule has 0 fully saturated rings. The van der Waals surface area contributed by atoms with Crippen molar-refractivity contribution in [2.45, 2.75) is 19.4 Å². The summed E-state index contributed by atoms with van der Waals surface area (Å²) in [6.45, 7) is 1.99. The third kappa shape index (κ3) is 2.38. The molecule has 0 radical (unpaired) electrons. The number of fused-ring (bicyclic) bond motifs is 3. The fourth-order valence-corrected chi connectivity index (χ4v) is 3.11. The van der Waals surface area contributed by atoms with Gasteiger partial charge in [0.2, 0.25) is 0 Å². The number of halogens is 1. The Kier molecular flexibility index (Phi) is 3.41. The van der Waals surface area contributed by atoms with E-state index in [1.807, 2.05) is 37.3 Å². The van der Waals surface area contributed by atoms with Gasteiger partial charge in [-0.2, -0.15) is 0 Å². The van der Waals surface area contributed by atoms with E-state index in [2.05, 4.69) is 9.97 Å². The summed E-state index contributed by atoms with van der Waals surface area (Å²) in [5, 5.41) is 0.630. The van der Waals surface area contributed by atoms with E-state index in [4.69, 9.17) is 0 Å². The van der Waals surface area contributed by atoms with Crippen LogP contribution in [0.5, 0.6) is 0 Å². The average molecular weight is 321 g/mol. The van der Waals surface area contributed by atoms with Gasteiger partial charge in [-0.15, -0.1) is 0 Å². The van der Waals surface area contributed by atoms with E-state index in [0.29, 0.717) is 21.9 Å². The minimum atomic E-state index is -0.341. The summed E-state index contributed by atoms with van der Waals surface area (Å²) in [6, 6.07) is 14.4. The van der Waals surface area contributed by atoms with Gasteiger partial charge in [0.05, 0.1) is 6.33 Å². The largest absolute Gasteiger partial charge is 0.349 e. The normalized spacial score (nSPS) is 12.8. The van der Waals surface area contributed by atoms with Gasteiger partial charge in [-0.3, -0.25) is 9.36 Å². The van der Waals surface area contributed by atoms with E-state index < -0.39 is 0 Å². The van der Waals surface area contributed by atoms with Gasteiger partial charge in [0.15, 0.2) is 0 Å². The predicted octanol–water partition coefficient (Wildman–Crippen LogP) is 3.82. The van der Waals surface area contributed by atoms with Gasteiger partial charge < -0.3 is 4.98 Å². The third-order valence-corrected chi connectivity index (χ3v) is 4.34. The Morgan fingerprint density at radius 1 is 1.21 bits per heavy atom. The number of benzene rings is 2. The molecular formula is C19H16FN3O. The van der Waals surface area contributed by atoms with Crippen molar-refractivity contribution in [2.75, 3.05) is 0 Å². The average Bonchev–Trinajstić information content (AvgIpc) is 2.95. The molecular weight excluding hydrogens is 305 g/mol. The van der Waals surface area contributed by atoms with Crippen molar-refractivity contribution in [3.8, 4) is 0 Å². The van der Waals surface area contributed by atoms with Crippen molar-refractivity contribution in [3.05, 3.63) is 76.6 Å². The maximum Gasteiger partial charge on any atom is 0.277 e. The quantitative estimate of drug-likeness (QED) is 0.623. The number of hydrogen-bond donors (Lipinski definition) is 1. The lowest BCUT2D eigenvalue weighted by atomic mass is 10.1. The van der Waals surface area contributed by atoms with Crippen LogP contribution in [0.1, 0.15) is 18.5 Å². The molecule has 24 heavy (non-hydrogen) atoms. The maximum atomic E-state index is 13.5. The molecule has 5 heteroatoms. The molecule has 0 saturated heterocycles. The van der Waals surface area contributed by atoms with Crippen LogP contribution in [0, 0.1) is 5.82 Å². The summed E-state index contributed by atoms with van der Waals surface area (Å²) >= 11 is 0. The third-order valence-electron chi connectivity index (χ3n) is 4.34. The lowest BCUT2D eigenvalue weighted by Crippen LogP contribution is -2.25. The van der Waals surface area contributed by atoms with Crippen molar-refractivity contribution in [2.24, 2.45) is 0 Å². The number of rotatable bonds is 3. The van der Waals surface area contributed by atoms with E-state index in [1.54, 1.807) is 17.0 Å². The maximum absolute atomic E-state index is 13.5. The lowest BCUT2D eigenvalue weighted by Gasteiger charge is -2.14. The molecule has 0 aliphatic heterocycles. The number of aromatic amines is 1. The van der Waals surface area contributed by atoms with Gasteiger partial charge in [-0.25, -0.2) is 9.37 Å². The minimum Gasteiger partial charge on any atom is -0.349 e. The summed E-state index contributed by atoms with van der Waals surface area (Å²) in [5.41, 5.74) is 2.66. The molecule has 1 atom stereocenters. The van der Waals surface area contributed by atoms with E-state index in [9.17, 15) is 9.18 Å². The van der Waals surface area contributed by atoms with Crippen LogP contribution in [0.2, 0.25) is 0 Å². The predicted molar refractivity (Wildman–Crippen MR) is 92.7 cm³/mol. The molecule has 120 valence electrons. The lowest BCUT2D eigenvalue weighted by molar-refractivity contribution is 0.523. The van der Waals surface area contributed by atoms with Crippen LogP contribution in [0.15, 0.2) is 59.7 Å². The van der Waals surface area contributed by atoms with Crippen LogP contribution in [0.3, 0.4) is 0 Å². The second-order valence-corrected chi connectivity index (χ2v) is 6.03. The van der Waals surface area contributed by atoms with Gasteiger partial charge in [0, 0.05) is 16.9 Å². The van der Waals surface area contributed by atoms with Crippen LogP contribution in [-0.2, 0) is 6.42 Å². The van der Waals surface area contributed by atoms with E-state index in [-0.39, 0.29) is 17.4 Å². The van der Waals surface area contributed by atoms with Gasteiger partial charge in [-0.05, 0) is 37.1 Å². The molecule has 2 aromatic heterocycles. The van der Waals surface area contributed by atoms with E-state index >= 15 is 0 Å². The first kappa shape index (κ1) is 14.6. The number of hydrogen-bond acceptors (Lipinski definition) is 2. The summed E-state index contributed by atoms with van der Waals surface area (Å²) in [7, 11) is 0. The van der Waals surface area contributed by atoms with E-state index in [0.717, 1.165) is 12.0 Å². The van der Waals surface area contributed by atoms with Crippen LogP contribution >= 0.6 is 0 Å². The number of H-pyrrole nitrogens is 1. The highest BCUT2D eigenvalue weighted by Gasteiger charge is 2.14. The SMILES string of the molecule is C[C@H](Cc1ccccc1)n1cnc2c([nH]c3ccc(F)cc32)c1=O. The van der Waals surface area contributed by atoms with Crippen molar-refractivity contribution in [3.63, 3.8) is 0 Å². The van der Waals surface area contributed by atoms with Crippen LogP contribution in [0.4, 0.5) is 4.39 Å². The van der Waals surface area contributed by atoms with Crippen molar-refractivity contribution in [1.29, 1.82) is 0 Å². The Hall–Kier alpha value is -2.95. The Morgan fingerprint density at radius 3 is 2.79 bits per heavy atom. The Balaban J connectivity index is 1.81. The van der Waals surface area contributed by atoms with Crippen molar-refractivity contribution < 1.29 is 4.39 Å². The molecule has 0 bridgehead atoms. The van der Waals surface area contributed by atoms with Crippen molar-refractivity contribution in [1.82, 2.24) is 14.5 Å². The van der Waals surface area contributed by atoms with Crippen molar-refractivity contribution >= 4 is 21.9 Å². The number of nitrogens with one attached hydrogen (secondary N) is 1. The van der Waals surface area contributed by atoms with Crippen LogP contribution < -0.4 is 5.56 Å². The standard InChI is InChI=1S/C19H16FN3O/c1-12(9-13-5-3-2-4-6-13)23-11-21-17-15-10-14(20)7-8-16(15)22-18(17)19(23)24/h2-8,10-12,22H,9H2,1H3/t12-/m1/s1. The first-order chi connectivity index (χ1) is 11.6. The molecule has 2 aromatic carbocycles. The molecule has 1 N–H and O–H groups in total. The van der Waals surface area contributed by atoms with Crippen LogP contribution in [0.25, 0.3) is 21.9 Å². The smallest absolute Gasteiger partial charge is 0.277 e. The van der Waals surface area contributed by atoms with Gasteiger partial charge in [-0.1, -0.05) is 30.3 Å². The Bertz CT molecular complexity index is 1080. The fourth-order valence-electron chi connectivity index (χ4n) is 3.11. The molecule has 2 heterocycles. The first-order valence-electron chi connectivity index (χ1n) is 7.85. The fraction of sp³-hybridized carbons (Fsp3) is 0.158. The highest BCUT2D eigenvalue weighted by molar-refractivity contribution is 6.04. The highest BCUT2D eigenvalue weighted by atomic mass is 19.1. The second kappa shape index (κ2) is 5.60. The van der Waals surface area contributed by atoms with Gasteiger partial charge in [0.1, 0.15) is 16.9 Å². The molecule has 0 amide bonds. The van der Waals surface area contributed by atoms with Gasteiger partial charge >= 0.3 is 0 Å². The molecule has 0 spiro atoms. The van der Waals surface area contributed by atoms with E-state index in [1.165, 1.54) is 12.1 Å². The molecule has 4 nitrogen and oxygen atoms in total. The minimum absolute atomic E-state index is 0.0278. The molecule has 0 aliphatic rings. The Labute approximate surface area is 137 Å². The summed E-state index contributed by atoms with van der Waals surface area (Å²) in [4.78, 5) is 20.3. The Morgan fingerprint density at radius 2 is 2.00 bits per heavy atom. The first-order valence-corrected chi connectivity index (χ1v) is 7.85. The molecule has 0 aliphatic carbocycles.